The summed E-state index contributed by atoms with van der Waals surface area (Å²) in [5.41, 5.74) is 1.01. The number of nitrogens with one attached hydrogen (secondary N) is 1. The topological polar surface area (TPSA) is 93.7 Å². The first-order valence-electron chi connectivity index (χ1n) is 10.2. The van der Waals surface area contributed by atoms with Crippen molar-refractivity contribution in [3.8, 4) is 11.5 Å². The molecule has 2 amide bonds. The molecule has 0 radical (unpaired) electrons. The zero-order chi connectivity index (χ0) is 21.1. The van der Waals surface area contributed by atoms with Crippen molar-refractivity contribution in [2.45, 2.75) is 44.6 Å². The molecule has 9 heteroatoms. The Morgan fingerprint density at radius 3 is 2.70 bits per heavy atom. The molecule has 0 spiro atoms. The van der Waals surface area contributed by atoms with Crippen LogP contribution >= 0.6 is 11.3 Å². The van der Waals surface area contributed by atoms with E-state index in [1.165, 1.54) is 24.2 Å². The minimum atomic E-state index is -0.323. The number of carbonyl (C=O) groups is 2. The summed E-state index contributed by atoms with van der Waals surface area (Å²) in [5, 5.41) is 12.4. The van der Waals surface area contributed by atoms with Crippen LogP contribution in [0.2, 0.25) is 0 Å². The van der Waals surface area contributed by atoms with Gasteiger partial charge in [-0.25, -0.2) is 0 Å². The number of anilines is 1. The second-order valence-corrected chi connectivity index (χ2v) is 8.80. The van der Waals surface area contributed by atoms with Gasteiger partial charge < -0.3 is 19.7 Å². The van der Waals surface area contributed by atoms with Gasteiger partial charge in [0.25, 0.3) is 0 Å². The summed E-state index contributed by atoms with van der Waals surface area (Å²) in [5.74, 6) is 0.942. The van der Waals surface area contributed by atoms with Gasteiger partial charge in [0.2, 0.25) is 16.9 Å². The van der Waals surface area contributed by atoms with Gasteiger partial charge in [0.05, 0.1) is 20.1 Å². The summed E-state index contributed by atoms with van der Waals surface area (Å²) >= 11 is 1.34. The van der Waals surface area contributed by atoms with Gasteiger partial charge in [-0.2, -0.15) is 0 Å². The van der Waals surface area contributed by atoms with E-state index in [2.05, 4.69) is 15.5 Å². The van der Waals surface area contributed by atoms with E-state index in [4.69, 9.17) is 9.47 Å². The number of benzene rings is 1. The highest BCUT2D eigenvalue weighted by molar-refractivity contribution is 7.15. The Morgan fingerprint density at radius 2 is 1.97 bits per heavy atom. The van der Waals surface area contributed by atoms with Gasteiger partial charge in [-0.05, 0) is 30.5 Å². The number of ether oxygens (including phenoxy) is 2. The fraction of sp³-hybridized carbons (Fsp3) is 0.524. The second kappa shape index (κ2) is 8.99. The Hall–Kier alpha value is -2.68. The number of likely N-dealkylation sites (tertiary alicyclic amines) is 1. The fourth-order valence-corrected chi connectivity index (χ4v) is 5.00. The number of rotatable bonds is 7. The molecule has 1 saturated heterocycles. The van der Waals surface area contributed by atoms with Gasteiger partial charge in [-0.1, -0.05) is 30.2 Å². The fourth-order valence-electron chi connectivity index (χ4n) is 4.22. The molecule has 8 nitrogen and oxygen atoms in total. The first kappa shape index (κ1) is 20.6. The van der Waals surface area contributed by atoms with Crippen LogP contribution < -0.4 is 14.8 Å². The molecule has 1 saturated carbocycles. The lowest BCUT2D eigenvalue weighted by molar-refractivity contribution is -0.129. The van der Waals surface area contributed by atoms with Crippen molar-refractivity contribution in [3.63, 3.8) is 0 Å². The number of amides is 2. The van der Waals surface area contributed by atoms with Gasteiger partial charge in [0.1, 0.15) is 5.01 Å². The summed E-state index contributed by atoms with van der Waals surface area (Å²) in [6.07, 6.45) is 5.29. The third kappa shape index (κ3) is 4.40. The number of methoxy groups -OCH3 is 2. The summed E-state index contributed by atoms with van der Waals surface area (Å²) < 4.78 is 10.6. The average molecular weight is 431 g/mol. The van der Waals surface area contributed by atoms with Gasteiger partial charge >= 0.3 is 0 Å². The van der Waals surface area contributed by atoms with Gasteiger partial charge in [-0.3, -0.25) is 9.59 Å². The van der Waals surface area contributed by atoms with Crippen LogP contribution in [-0.2, 0) is 16.0 Å². The normalized spacial score (nSPS) is 19.3. The molecule has 1 aromatic carbocycles. The second-order valence-electron chi connectivity index (χ2n) is 7.74. The van der Waals surface area contributed by atoms with Gasteiger partial charge in [0.15, 0.2) is 11.5 Å². The van der Waals surface area contributed by atoms with Crippen LogP contribution in [0.3, 0.4) is 0 Å². The van der Waals surface area contributed by atoms with Gasteiger partial charge in [0, 0.05) is 25.4 Å². The van der Waals surface area contributed by atoms with Crippen molar-refractivity contribution in [1.82, 2.24) is 15.1 Å². The van der Waals surface area contributed by atoms with Crippen LogP contribution in [0.15, 0.2) is 18.2 Å². The van der Waals surface area contributed by atoms with Crippen molar-refractivity contribution in [2.75, 3.05) is 26.1 Å². The third-order valence-electron chi connectivity index (χ3n) is 5.79. The smallest absolute Gasteiger partial charge is 0.231 e. The van der Waals surface area contributed by atoms with E-state index < -0.39 is 0 Å². The molecule has 30 heavy (non-hydrogen) atoms. The van der Waals surface area contributed by atoms with Crippen LogP contribution in [0.25, 0.3) is 0 Å². The maximum atomic E-state index is 12.7. The van der Waals surface area contributed by atoms with Crippen molar-refractivity contribution >= 4 is 28.3 Å². The first-order chi connectivity index (χ1) is 14.6. The molecule has 4 rings (SSSR count). The van der Waals surface area contributed by atoms with Crippen LogP contribution in [0.5, 0.6) is 11.5 Å². The van der Waals surface area contributed by atoms with E-state index in [1.54, 1.807) is 14.2 Å². The van der Waals surface area contributed by atoms with Crippen molar-refractivity contribution in [1.29, 1.82) is 0 Å². The van der Waals surface area contributed by atoms with E-state index in [9.17, 15) is 9.59 Å². The lowest BCUT2D eigenvalue weighted by atomic mass is 10.1. The Kier molecular flexibility index (Phi) is 6.17. The Bertz CT molecular complexity index is 925. The quantitative estimate of drug-likeness (QED) is 0.726. The Labute approximate surface area is 179 Å². The molecule has 2 fully saturated rings. The monoisotopic (exact) mass is 430 g/mol. The lowest BCUT2D eigenvalue weighted by Gasteiger charge is -2.23. The number of carbonyl (C=O) groups excluding carboxylic acids is 2. The molecule has 160 valence electrons. The SMILES string of the molecule is COc1ccc(Cc2nnc(NC(=O)C3CC(=O)N(C4CCCC4)C3)s2)cc1OC. The van der Waals surface area contributed by atoms with E-state index in [-0.39, 0.29) is 24.2 Å². The zero-order valence-electron chi connectivity index (χ0n) is 17.2. The molecule has 2 aromatic rings. The zero-order valence-corrected chi connectivity index (χ0v) is 18.0. The molecule has 0 bridgehead atoms. The van der Waals surface area contributed by atoms with Crippen molar-refractivity contribution in [2.24, 2.45) is 5.92 Å². The molecule has 1 aromatic heterocycles. The highest BCUT2D eigenvalue weighted by atomic mass is 32.1. The maximum absolute atomic E-state index is 12.7. The summed E-state index contributed by atoms with van der Waals surface area (Å²) in [4.78, 5) is 26.9. The predicted octanol–water partition coefficient (Wildman–Crippen LogP) is 2.88. The number of aromatic nitrogens is 2. The predicted molar refractivity (Wildman–Crippen MR) is 113 cm³/mol. The highest BCUT2D eigenvalue weighted by Gasteiger charge is 2.38. The minimum Gasteiger partial charge on any atom is -0.493 e. The van der Waals surface area contributed by atoms with E-state index in [0.29, 0.717) is 35.6 Å². The number of hydrogen-bond donors (Lipinski definition) is 1. The molecular formula is C21H26N4O4S. The number of nitrogens with zero attached hydrogens (tertiary/aromatic N) is 3. The third-order valence-corrected chi connectivity index (χ3v) is 6.63. The average Bonchev–Trinajstić information content (AvgIpc) is 3.49. The first-order valence-corrected chi connectivity index (χ1v) is 11.0. The summed E-state index contributed by atoms with van der Waals surface area (Å²) in [6, 6.07) is 6.01. The van der Waals surface area contributed by atoms with Crippen LogP contribution in [0.4, 0.5) is 5.13 Å². The maximum Gasteiger partial charge on any atom is 0.231 e. The van der Waals surface area contributed by atoms with Crippen LogP contribution in [0.1, 0.15) is 42.7 Å². The Balaban J connectivity index is 1.35. The van der Waals surface area contributed by atoms with E-state index in [1.807, 2.05) is 23.1 Å². The van der Waals surface area contributed by atoms with Crippen molar-refractivity contribution in [3.05, 3.63) is 28.8 Å². The molecule has 2 heterocycles. The van der Waals surface area contributed by atoms with Crippen LogP contribution in [0, 0.1) is 5.92 Å². The molecule has 2 aliphatic rings. The molecular weight excluding hydrogens is 404 g/mol. The minimum absolute atomic E-state index is 0.0912. The van der Waals surface area contributed by atoms with E-state index in [0.717, 1.165) is 23.4 Å². The molecule has 1 N–H and O–H groups in total. The molecule has 1 aliphatic heterocycles. The molecule has 1 atom stereocenters. The largest absolute Gasteiger partial charge is 0.493 e. The highest BCUT2D eigenvalue weighted by Crippen LogP contribution is 2.31. The lowest BCUT2D eigenvalue weighted by Crippen LogP contribution is -2.35. The van der Waals surface area contributed by atoms with Crippen LogP contribution in [-0.4, -0.2) is 53.7 Å². The molecule has 1 aliphatic carbocycles. The van der Waals surface area contributed by atoms with E-state index >= 15 is 0 Å². The number of hydrogen-bond acceptors (Lipinski definition) is 7. The summed E-state index contributed by atoms with van der Waals surface area (Å²) in [6.45, 7) is 0.507. The standard InChI is InChI=1S/C21H26N4O4S/c1-28-16-8-7-13(9-17(16)29-2)10-18-23-24-21(30-18)22-20(27)14-11-19(26)25(12-14)15-5-3-4-6-15/h7-9,14-15H,3-6,10-12H2,1-2H3,(H,22,24,27). The van der Waals surface area contributed by atoms with Crippen molar-refractivity contribution < 1.29 is 19.1 Å². The Morgan fingerprint density at radius 1 is 1.20 bits per heavy atom. The molecule has 1 unspecified atom stereocenters. The summed E-state index contributed by atoms with van der Waals surface area (Å²) in [7, 11) is 3.20. The van der Waals surface area contributed by atoms with Gasteiger partial charge in [-0.15, -0.1) is 10.2 Å².